The number of hydrogen-bond acceptors (Lipinski definition) is 5. The Kier molecular flexibility index (Phi) is 7.41. The second-order valence-corrected chi connectivity index (χ2v) is 17.7. The van der Waals surface area contributed by atoms with Crippen LogP contribution in [-0.2, 0) is 23.5 Å². The quantitative estimate of drug-likeness (QED) is 0.262. The Morgan fingerprint density at radius 1 is 1.11 bits per heavy atom. The second kappa shape index (κ2) is 9.31. The van der Waals surface area contributed by atoms with Gasteiger partial charge in [-0.2, -0.15) is 0 Å². The maximum atomic E-state index is 14.2. The van der Waals surface area contributed by atoms with Crippen molar-refractivity contribution < 1.29 is 23.5 Å². The standard InChI is InChI=1S/C28H45NO5Si/c1-11-28-18-17-27(8,24(31)34-25(2,3)4)23(30)29(28)21(19-32-35(9,10)26(5,6)7)22(33-28)20-15-13-12-14-16-20/h12-16,21-22H,11,17-19H2,1-10H3/t21-,22-,27+,28+/m0/s1. The summed E-state index contributed by atoms with van der Waals surface area (Å²) in [7, 11) is -2.09. The minimum Gasteiger partial charge on any atom is -0.459 e. The van der Waals surface area contributed by atoms with Crippen molar-refractivity contribution >= 4 is 20.2 Å². The van der Waals surface area contributed by atoms with Gasteiger partial charge in [-0.05, 0) is 70.7 Å². The molecule has 1 amide bonds. The Hall–Kier alpha value is -1.70. The fourth-order valence-corrected chi connectivity index (χ4v) is 5.78. The average molecular weight is 504 g/mol. The molecular formula is C28H45NO5Si. The molecule has 6 nitrogen and oxygen atoms in total. The van der Waals surface area contributed by atoms with Gasteiger partial charge in [0.2, 0.25) is 5.91 Å². The molecule has 1 aromatic rings. The predicted molar refractivity (Wildman–Crippen MR) is 140 cm³/mol. The topological polar surface area (TPSA) is 65.1 Å². The molecule has 0 N–H and O–H groups in total. The molecule has 0 radical (unpaired) electrons. The number of piperidine rings is 1. The first kappa shape index (κ1) is 27.9. The van der Waals surface area contributed by atoms with Gasteiger partial charge in [-0.1, -0.05) is 58.0 Å². The monoisotopic (exact) mass is 503 g/mol. The maximum absolute atomic E-state index is 14.2. The molecule has 7 heteroatoms. The van der Waals surface area contributed by atoms with E-state index in [1.807, 2.05) is 56.0 Å². The molecule has 0 bridgehead atoms. The Morgan fingerprint density at radius 3 is 2.23 bits per heavy atom. The van der Waals surface area contributed by atoms with E-state index in [2.05, 4.69) is 40.8 Å². The Balaban J connectivity index is 2.04. The van der Waals surface area contributed by atoms with E-state index >= 15 is 0 Å². The highest BCUT2D eigenvalue weighted by atomic mass is 28.4. The molecular weight excluding hydrogens is 458 g/mol. The van der Waals surface area contributed by atoms with Crippen LogP contribution in [0.5, 0.6) is 0 Å². The summed E-state index contributed by atoms with van der Waals surface area (Å²) in [5.74, 6) is -0.686. The van der Waals surface area contributed by atoms with Crippen molar-refractivity contribution in [3.8, 4) is 0 Å². The number of carbonyl (C=O) groups excluding carboxylic acids is 2. The van der Waals surface area contributed by atoms with Crippen molar-refractivity contribution in [3.05, 3.63) is 35.9 Å². The molecule has 0 spiro atoms. The summed E-state index contributed by atoms with van der Waals surface area (Å²) in [4.78, 5) is 29.4. The van der Waals surface area contributed by atoms with Crippen LogP contribution in [0.15, 0.2) is 30.3 Å². The lowest BCUT2D eigenvalue weighted by atomic mass is 9.76. The number of nitrogens with zero attached hydrogens (tertiary/aromatic N) is 1. The predicted octanol–water partition coefficient (Wildman–Crippen LogP) is 6.23. The first-order chi connectivity index (χ1) is 16.0. The highest BCUT2D eigenvalue weighted by molar-refractivity contribution is 6.74. The zero-order valence-corrected chi connectivity index (χ0v) is 24.4. The highest BCUT2D eigenvalue weighted by Gasteiger charge is 2.63. The van der Waals surface area contributed by atoms with Gasteiger partial charge in [0.25, 0.3) is 0 Å². The van der Waals surface area contributed by atoms with Crippen molar-refractivity contribution in [2.24, 2.45) is 5.41 Å². The van der Waals surface area contributed by atoms with E-state index in [-0.39, 0.29) is 23.1 Å². The molecule has 1 aromatic carbocycles. The van der Waals surface area contributed by atoms with Crippen molar-refractivity contribution in [1.29, 1.82) is 0 Å². The van der Waals surface area contributed by atoms with E-state index in [4.69, 9.17) is 13.9 Å². The fraction of sp³-hybridized carbons (Fsp3) is 0.714. The molecule has 2 aliphatic rings. The molecule has 35 heavy (non-hydrogen) atoms. The Morgan fingerprint density at radius 2 is 1.71 bits per heavy atom. The normalized spacial score (nSPS) is 29.8. The zero-order chi connectivity index (χ0) is 26.4. The van der Waals surface area contributed by atoms with Gasteiger partial charge in [-0.25, -0.2) is 0 Å². The van der Waals surface area contributed by atoms with Gasteiger partial charge >= 0.3 is 5.97 Å². The molecule has 0 aromatic heterocycles. The maximum Gasteiger partial charge on any atom is 0.321 e. The number of rotatable bonds is 6. The van der Waals surface area contributed by atoms with Crippen molar-refractivity contribution in [3.63, 3.8) is 0 Å². The summed E-state index contributed by atoms with van der Waals surface area (Å²) in [6, 6.07) is 9.72. The van der Waals surface area contributed by atoms with Crippen LogP contribution >= 0.6 is 0 Å². The van der Waals surface area contributed by atoms with Crippen LogP contribution in [0.25, 0.3) is 0 Å². The summed E-state index contributed by atoms with van der Waals surface area (Å²) in [5, 5.41) is 0.0352. The van der Waals surface area contributed by atoms with Crippen LogP contribution < -0.4 is 0 Å². The minimum atomic E-state index is -2.09. The summed E-state index contributed by atoms with van der Waals surface area (Å²) >= 11 is 0. The molecule has 196 valence electrons. The smallest absolute Gasteiger partial charge is 0.321 e. The number of ether oxygens (including phenoxy) is 2. The van der Waals surface area contributed by atoms with Gasteiger partial charge in [0.1, 0.15) is 22.8 Å². The summed E-state index contributed by atoms with van der Waals surface area (Å²) < 4.78 is 19.2. The third kappa shape index (κ3) is 5.23. The van der Waals surface area contributed by atoms with E-state index in [1.54, 1.807) is 6.92 Å². The largest absolute Gasteiger partial charge is 0.459 e. The lowest BCUT2D eigenvalue weighted by Crippen LogP contribution is -2.63. The molecule has 2 saturated heterocycles. The lowest BCUT2D eigenvalue weighted by molar-refractivity contribution is -0.194. The van der Waals surface area contributed by atoms with Crippen LogP contribution in [0.4, 0.5) is 0 Å². The first-order valence-corrected chi connectivity index (χ1v) is 15.8. The van der Waals surface area contributed by atoms with Crippen molar-refractivity contribution in [1.82, 2.24) is 4.90 Å². The molecule has 2 aliphatic heterocycles. The van der Waals surface area contributed by atoms with E-state index in [0.29, 0.717) is 25.9 Å². The van der Waals surface area contributed by atoms with Gasteiger partial charge in [0.05, 0.1) is 12.6 Å². The van der Waals surface area contributed by atoms with Crippen molar-refractivity contribution in [2.45, 2.75) is 116 Å². The molecule has 0 aliphatic carbocycles. The lowest BCUT2D eigenvalue weighted by Gasteiger charge is -2.48. The van der Waals surface area contributed by atoms with E-state index < -0.39 is 31.0 Å². The van der Waals surface area contributed by atoms with Crippen LogP contribution in [0, 0.1) is 5.41 Å². The van der Waals surface area contributed by atoms with Crippen LogP contribution in [0.1, 0.15) is 86.3 Å². The number of benzene rings is 1. The van der Waals surface area contributed by atoms with Crippen LogP contribution in [-0.4, -0.2) is 49.1 Å². The average Bonchev–Trinajstić information content (AvgIpc) is 3.09. The summed E-state index contributed by atoms with van der Waals surface area (Å²) in [6.45, 7) is 20.7. The van der Waals surface area contributed by atoms with Gasteiger partial charge in [-0.3, -0.25) is 9.59 Å². The van der Waals surface area contributed by atoms with Gasteiger partial charge in [0.15, 0.2) is 8.32 Å². The number of esters is 1. The van der Waals surface area contributed by atoms with Crippen LogP contribution in [0.3, 0.4) is 0 Å². The molecule has 3 rings (SSSR count). The van der Waals surface area contributed by atoms with Crippen LogP contribution in [0.2, 0.25) is 18.1 Å². The summed E-state index contributed by atoms with van der Waals surface area (Å²) in [6.07, 6.45) is 1.28. The number of amides is 1. The van der Waals surface area contributed by atoms with E-state index in [1.165, 1.54) is 0 Å². The van der Waals surface area contributed by atoms with Gasteiger partial charge < -0.3 is 18.8 Å². The molecule has 4 atom stereocenters. The minimum absolute atomic E-state index is 0.0352. The SMILES string of the molecule is CC[C@@]12CC[C@@](C)(C(=O)OC(C)(C)C)C(=O)N1[C@@H](CO[Si](C)(C)C(C)(C)C)[C@H](c1ccccc1)O2. The third-order valence-corrected chi connectivity index (χ3v) is 12.6. The van der Waals surface area contributed by atoms with Crippen molar-refractivity contribution in [2.75, 3.05) is 6.61 Å². The second-order valence-electron chi connectivity index (χ2n) is 12.9. The molecule has 2 fully saturated rings. The van der Waals surface area contributed by atoms with E-state index in [0.717, 1.165) is 5.56 Å². The molecule has 0 unspecified atom stereocenters. The fourth-order valence-electron chi connectivity index (χ4n) is 4.76. The first-order valence-electron chi connectivity index (χ1n) is 12.9. The Labute approximate surface area is 212 Å². The Bertz CT molecular complexity index is 935. The molecule has 2 heterocycles. The number of carbonyl (C=O) groups is 2. The van der Waals surface area contributed by atoms with Gasteiger partial charge in [-0.15, -0.1) is 0 Å². The zero-order valence-electron chi connectivity index (χ0n) is 23.4. The highest BCUT2D eigenvalue weighted by Crippen LogP contribution is 2.53. The number of fused-ring (bicyclic) bond motifs is 1. The molecule has 0 saturated carbocycles. The summed E-state index contributed by atoms with van der Waals surface area (Å²) in [5.41, 5.74) is -1.67. The third-order valence-electron chi connectivity index (χ3n) is 8.12. The van der Waals surface area contributed by atoms with E-state index in [9.17, 15) is 9.59 Å². The number of hydrogen-bond donors (Lipinski definition) is 0. The van der Waals surface area contributed by atoms with Gasteiger partial charge in [0, 0.05) is 0 Å².